The van der Waals surface area contributed by atoms with Crippen molar-refractivity contribution in [3.05, 3.63) is 0 Å². The molecule has 1 heterocycles. The van der Waals surface area contributed by atoms with E-state index in [9.17, 15) is 4.79 Å². The van der Waals surface area contributed by atoms with Crippen molar-refractivity contribution in [2.24, 2.45) is 11.1 Å². The molecular formula is C14H28N2O3. The average Bonchev–Trinajstić information content (AvgIpc) is 2.69. The molecule has 1 aliphatic rings. The topological polar surface area (TPSA) is 64.8 Å². The molecule has 2 N–H and O–H groups in total. The molecule has 0 radical (unpaired) electrons. The number of ether oxygens (including phenoxy) is 2. The molecule has 1 fully saturated rings. The van der Waals surface area contributed by atoms with Crippen LogP contribution in [0.2, 0.25) is 0 Å². The van der Waals surface area contributed by atoms with Crippen LogP contribution in [0, 0.1) is 5.41 Å². The highest BCUT2D eigenvalue weighted by Gasteiger charge is 2.35. The Hall–Kier alpha value is -0.650. The summed E-state index contributed by atoms with van der Waals surface area (Å²) < 4.78 is 10.7. The molecule has 0 aromatic carbocycles. The maximum Gasteiger partial charge on any atom is 0.224 e. The van der Waals surface area contributed by atoms with E-state index in [0.717, 1.165) is 6.42 Å². The second-order valence-electron chi connectivity index (χ2n) is 6.58. The molecular weight excluding hydrogens is 244 g/mol. The van der Waals surface area contributed by atoms with E-state index < -0.39 is 0 Å². The van der Waals surface area contributed by atoms with Gasteiger partial charge in [0.15, 0.2) is 0 Å². The van der Waals surface area contributed by atoms with Crippen LogP contribution in [0.25, 0.3) is 0 Å². The number of carbonyl (C=O) groups is 1. The molecule has 0 aromatic rings. The van der Waals surface area contributed by atoms with E-state index >= 15 is 0 Å². The van der Waals surface area contributed by atoms with Crippen molar-refractivity contribution >= 4 is 5.91 Å². The van der Waals surface area contributed by atoms with Crippen molar-refractivity contribution in [1.82, 2.24) is 4.90 Å². The average molecular weight is 272 g/mol. The molecule has 0 saturated carbocycles. The minimum Gasteiger partial charge on any atom is -0.377 e. The Kier molecular flexibility index (Phi) is 5.77. The number of hydrogen-bond acceptors (Lipinski definition) is 4. The second kappa shape index (κ2) is 6.68. The lowest BCUT2D eigenvalue weighted by atomic mass is 9.87. The van der Waals surface area contributed by atoms with E-state index in [1.807, 2.05) is 0 Å². The summed E-state index contributed by atoms with van der Waals surface area (Å²) in [5.74, 6) is 0.0957. The summed E-state index contributed by atoms with van der Waals surface area (Å²) in [5, 5.41) is 0. The van der Waals surface area contributed by atoms with E-state index in [4.69, 9.17) is 15.2 Å². The minimum atomic E-state index is -0.0879. The molecule has 19 heavy (non-hydrogen) atoms. The van der Waals surface area contributed by atoms with E-state index in [1.54, 1.807) is 19.1 Å². The predicted molar refractivity (Wildman–Crippen MR) is 74.8 cm³/mol. The van der Waals surface area contributed by atoms with Crippen molar-refractivity contribution in [2.45, 2.75) is 51.9 Å². The van der Waals surface area contributed by atoms with Crippen LogP contribution >= 0.6 is 0 Å². The van der Waals surface area contributed by atoms with E-state index in [-0.39, 0.29) is 29.6 Å². The normalized spacial score (nSPS) is 25.7. The monoisotopic (exact) mass is 272 g/mol. The fourth-order valence-electron chi connectivity index (χ4n) is 2.61. The molecule has 0 aromatic heterocycles. The molecule has 1 aliphatic heterocycles. The van der Waals surface area contributed by atoms with Gasteiger partial charge in [-0.2, -0.15) is 0 Å². The summed E-state index contributed by atoms with van der Waals surface area (Å²) in [6.07, 6.45) is 1.17. The number of methoxy groups -OCH3 is 2. The number of carbonyl (C=O) groups excluding carboxylic acids is 1. The van der Waals surface area contributed by atoms with Crippen molar-refractivity contribution in [3.8, 4) is 0 Å². The minimum absolute atomic E-state index is 0.0345. The zero-order valence-corrected chi connectivity index (χ0v) is 12.8. The lowest BCUT2D eigenvalue weighted by Gasteiger charge is -2.24. The first kappa shape index (κ1) is 16.4. The lowest BCUT2D eigenvalue weighted by Crippen LogP contribution is -2.36. The zero-order valence-electron chi connectivity index (χ0n) is 12.8. The Balaban J connectivity index is 2.47. The molecule has 112 valence electrons. The molecule has 0 bridgehead atoms. The number of nitrogens with two attached hydrogens (primary N) is 1. The maximum atomic E-state index is 12.2. The van der Waals surface area contributed by atoms with Crippen LogP contribution < -0.4 is 5.73 Å². The first-order chi connectivity index (χ1) is 8.76. The third-order valence-corrected chi connectivity index (χ3v) is 3.48. The van der Waals surface area contributed by atoms with Gasteiger partial charge >= 0.3 is 0 Å². The van der Waals surface area contributed by atoms with E-state index in [2.05, 4.69) is 20.8 Å². The zero-order chi connectivity index (χ0) is 14.6. The number of amides is 1. The van der Waals surface area contributed by atoms with Gasteiger partial charge in [0.25, 0.3) is 0 Å². The largest absolute Gasteiger partial charge is 0.377 e. The third-order valence-electron chi connectivity index (χ3n) is 3.48. The van der Waals surface area contributed by atoms with Gasteiger partial charge in [0.05, 0.1) is 0 Å². The van der Waals surface area contributed by atoms with Crippen LogP contribution in [0.3, 0.4) is 0 Å². The first-order valence-electron chi connectivity index (χ1n) is 6.85. The summed E-state index contributed by atoms with van der Waals surface area (Å²) in [6.45, 7) is 7.59. The maximum absolute atomic E-state index is 12.2. The van der Waals surface area contributed by atoms with Gasteiger partial charge < -0.3 is 20.1 Å². The number of hydrogen-bond donors (Lipinski definition) is 1. The standard InChI is InChI=1S/C14H28N2O3/c1-14(2,3)7-10(15)6-13(17)16-8-11(18-4)12(9-16)19-5/h10-12H,6-9,15H2,1-5H3. The van der Waals surface area contributed by atoms with Crippen LogP contribution in [-0.4, -0.2) is 56.4 Å². The van der Waals surface area contributed by atoms with Gasteiger partial charge in [-0.05, 0) is 11.8 Å². The van der Waals surface area contributed by atoms with E-state index in [0.29, 0.717) is 19.5 Å². The molecule has 1 rings (SSSR count). The Bertz CT molecular complexity index is 290. The molecule has 3 atom stereocenters. The SMILES string of the molecule is COC1CN(C(=O)CC(N)CC(C)(C)C)CC1OC. The van der Waals surface area contributed by atoms with Crippen LogP contribution in [0.4, 0.5) is 0 Å². The lowest BCUT2D eigenvalue weighted by molar-refractivity contribution is -0.131. The van der Waals surface area contributed by atoms with Crippen molar-refractivity contribution in [1.29, 1.82) is 0 Å². The molecule has 0 spiro atoms. The van der Waals surface area contributed by atoms with Gasteiger partial charge in [0.2, 0.25) is 5.91 Å². The number of nitrogens with zero attached hydrogens (tertiary/aromatic N) is 1. The van der Waals surface area contributed by atoms with Gasteiger partial charge in [-0.3, -0.25) is 4.79 Å². The van der Waals surface area contributed by atoms with Gasteiger partial charge in [-0.25, -0.2) is 0 Å². The predicted octanol–water partition coefficient (Wildman–Crippen LogP) is 1.01. The van der Waals surface area contributed by atoms with E-state index in [1.165, 1.54) is 0 Å². The number of rotatable bonds is 5. The van der Waals surface area contributed by atoms with Crippen LogP contribution in [-0.2, 0) is 14.3 Å². The highest BCUT2D eigenvalue weighted by atomic mass is 16.5. The van der Waals surface area contributed by atoms with Gasteiger partial charge in [0.1, 0.15) is 12.2 Å². The summed E-state index contributed by atoms with van der Waals surface area (Å²) in [4.78, 5) is 14.0. The number of likely N-dealkylation sites (tertiary alicyclic amines) is 1. The molecule has 0 aliphatic carbocycles. The molecule has 5 nitrogen and oxygen atoms in total. The quantitative estimate of drug-likeness (QED) is 0.811. The fourth-order valence-corrected chi connectivity index (χ4v) is 2.61. The Morgan fingerprint density at radius 3 is 2.11 bits per heavy atom. The van der Waals surface area contributed by atoms with Crippen molar-refractivity contribution < 1.29 is 14.3 Å². The molecule has 5 heteroatoms. The van der Waals surface area contributed by atoms with Crippen molar-refractivity contribution in [3.63, 3.8) is 0 Å². The van der Waals surface area contributed by atoms with Gasteiger partial charge in [-0.1, -0.05) is 20.8 Å². The van der Waals surface area contributed by atoms with Crippen LogP contribution in [0.15, 0.2) is 0 Å². The Morgan fingerprint density at radius 1 is 1.26 bits per heavy atom. The summed E-state index contributed by atoms with van der Waals surface area (Å²) >= 11 is 0. The Morgan fingerprint density at radius 2 is 1.74 bits per heavy atom. The van der Waals surface area contributed by atoms with Crippen LogP contribution in [0.1, 0.15) is 33.6 Å². The van der Waals surface area contributed by atoms with Crippen LogP contribution in [0.5, 0.6) is 0 Å². The van der Waals surface area contributed by atoms with Crippen molar-refractivity contribution in [2.75, 3.05) is 27.3 Å². The highest BCUT2D eigenvalue weighted by molar-refractivity contribution is 5.77. The summed E-state index contributed by atoms with van der Waals surface area (Å²) in [5.41, 5.74) is 6.20. The second-order valence-corrected chi connectivity index (χ2v) is 6.58. The summed E-state index contributed by atoms with van der Waals surface area (Å²) in [6, 6.07) is -0.0879. The highest BCUT2D eigenvalue weighted by Crippen LogP contribution is 2.22. The smallest absolute Gasteiger partial charge is 0.224 e. The van der Waals surface area contributed by atoms with Gasteiger partial charge in [0, 0.05) is 39.8 Å². The van der Waals surface area contributed by atoms with Gasteiger partial charge in [-0.15, -0.1) is 0 Å². The first-order valence-corrected chi connectivity index (χ1v) is 6.85. The fraction of sp³-hybridized carbons (Fsp3) is 0.929. The third kappa shape index (κ3) is 5.09. The molecule has 1 amide bonds. The summed E-state index contributed by atoms with van der Waals surface area (Å²) in [7, 11) is 3.30. The Labute approximate surface area is 116 Å². The molecule has 3 unspecified atom stereocenters. The molecule has 1 saturated heterocycles.